The molecule has 0 N–H and O–H groups in total. The Hall–Kier alpha value is -7.62. The molecule has 8 aromatic rings. The number of para-hydroxylation sites is 1. The normalized spacial score (nSPS) is 17.3. The lowest BCUT2D eigenvalue weighted by Gasteiger charge is -2.33. The number of nitrogens with zero attached hydrogens (tertiary/aromatic N) is 3. The third-order valence-electron chi connectivity index (χ3n) is 12.6. The largest absolute Gasteiger partial charge is 0.309 e. The fourth-order valence-electron chi connectivity index (χ4n) is 9.78. The van der Waals surface area contributed by atoms with E-state index in [9.17, 15) is 0 Å². The molecule has 4 aliphatic carbocycles. The molecule has 282 valence electrons. The molecule has 0 spiro atoms. The van der Waals surface area contributed by atoms with E-state index in [2.05, 4.69) is 193 Å². The van der Waals surface area contributed by atoms with E-state index in [4.69, 9.17) is 9.97 Å². The van der Waals surface area contributed by atoms with Gasteiger partial charge < -0.3 is 4.57 Å². The molecule has 2 unspecified atom stereocenters. The Morgan fingerprint density at radius 3 is 2.17 bits per heavy atom. The van der Waals surface area contributed by atoms with Crippen LogP contribution in [0.2, 0.25) is 0 Å². The van der Waals surface area contributed by atoms with E-state index in [1.54, 1.807) is 0 Å². The van der Waals surface area contributed by atoms with E-state index in [-0.39, 0.29) is 11.8 Å². The highest BCUT2D eigenvalue weighted by molar-refractivity contribution is 6.10. The fourth-order valence-corrected chi connectivity index (χ4v) is 9.78. The maximum atomic E-state index is 5.22. The van der Waals surface area contributed by atoms with Gasteiger partial charge in [0.15, 0.2) is 5.82 Å². The Labute approximate surface area is 349 Å². The first-order chi connectivity index (χ1) is 29.7. The number of benzene rings is 6. The van der Waals surface area contributed by atoms with Crippen molar-refractivity contribution in [2.75, 3.05) is 0 Å². The van der Waals surface area contributed by atoms with Crippen LogP contribution in [0.1, 0.15) is 23.2 Å². The van der Waals surface area contributed by atoms with Crippen molar-refractivity contribution in [2.45, 2.75) is 6.42 Å². The average molecular weight is 766 g/mol. The third-order valence-corrected chi connectivity index (χ3v) is 12.6. The van der Waals surface area contributed by atoms with Crippen LogP contribution >= 0.6 is 0 Å². The van der Waals surface area contributed by atoms with Crippen molar-refractivity contribution in [2.24, 2.45) is 11.8 Å². The summed E-state index contributed by atoms with van der Waals surface area (Å²) in [6.07, 6.45) is 26.1. The quantitative estimate of drug-likeness (QED) is 0.175. The first-order valence-corrected chi connectivity index (χ1v) is 20.9. The smallest absolute Gasteiger partial charge is 0.160 e. The second-order valence-corrected chi connectivity index (χ2v) is 16.0. The maximum Gasteiger partial charge on any atom is 0.160 e. The monoisotopic (exact) mass is 765 g/mol. The van der Waals surface area contributed by atoms with Gasteiger partial charge in [0.2, 0.25) is 0 Å². The molecule has 0 bridgehead atoms. The molecule has 2 heterocycles. The van der Waals surface area contributed by atoms with Gasteiger partial charge in [-0.25, -0.2) is 9.97 Å². The molecule has 2 aromatic heterocycles. The second-order valence-electron chi connectivity index (χ2n) is 16.0. The predicted molar refractivity (Wildman–Crippen MR) is 250 cm³/mol. The van der Waals surface area contributed by atoms with Gasteiger partial charge in [-0.15, -0.1) is 0 Å². The zero-order valence-corrected chi connectivity index (χ0v) is 32.9. The van der Waals surface area contributed by atoms with E-state index in [0.29, 0.717) is 0 Å². The highest BCUT2D eigenvalue weighted by Crippen LogP contribution is 2.42. The fraction of sp³-hybridized carbons (Fsp3) is 0.0526. The first-order valence-electron chi connectivity index (χ1n) is 20.9. The number of hydrogen-bond acceptors (Lipinski definition) is 2. The number of rotatable bonds is 5. The van der Waals surface area contributed by atoms with Crippen molar-refractivity contribution in [1.82, 2.24) is 14.5 Å². The Balaban J connectivity index is 1.03. The highest BCUT2D eigenvalue weighted by atomic mass is 15.0. The maximum absolute atomic E-state index is 5.22. The molecular weight excluding hydrogens is 727 g/mol. The topological polar surface area (TPSA) is 30.7 Å². The van der Waals surface area contributed by atoms with Gasteiger partial charge in [-0.05, 0) is 92.2 Å². The number of hydrogen-bond donors (Lipinski definition) is 0. The Kier molecular flexibility index (Phi) is 8.05. The molecule has 3 nitrogen and oxygen atoms in total. The lowest BCUT2D eigenvalue weighted by molar-refractivity contribution is 0.696. The van der Waals surface area contributed by atoms with Crippen LogP contribution in [0.5, 0.6) is 0 Å². The third kappa shape index (κ3) is 5.66. The number of fused-ring (bicyclic) bond motifs is 8. The molecular formula is C57H39N3. The lowest BCUT2D eigenvalue weighted by Crippen LogP contribution is -2.40. The lowest BCUT2D eigenvalue weighted by atomic mass is 9.70. The zero-order valence-electron chi connectivity index (χ0n) is 32.9. The van der Waals surface area contributed by atoms with Crippen LogP contribution in [0.25, 0.3) is 90.1 Å². The van der Waals surface area contributed by atoms with Gasteiger partial charge in [-0.2, -0.15) is 0 Å². The summed E-state index contributed by atoms with van der Waals surface area (Å²) in [5.74, 6) is 1.07. The Morgan fingerprint density at radius 1 is 0.500 bits per heavy atom. The van der Waals surface area contributed by atoms with Gasteiger partial charge in [-0.1, -0.05) is 176 Å². The van der Waals surface area contributed by atoms with Gasteiger partial charge in [0.1, 0.15) is 0 Å². The van der Waals surface area contributed by atoms with Crippen molar-refractivity contribution >= 4 is 50.7 Å². The second kappa shape index (κ2) is 14.0. The van der Waals surface area contributed by atoms with Gasteiger partial charge in [0.05, 0.1) is 22.4 Å². The number of allylic oxidation sites excluding steroid dienone is 10. The van der Waals surface area contributed by atoms with Crippen LogP contribution < -0.4 is 10.4 Å². The molecule has 0 radical (unpaired) electrons. The van der Waals surface area contributed by atoms with Gasteiger partial charge >= 0.3 is 0 Å². The minimum Gasteiger partial charge on any atom is -0.309 e. The van der Waals surface area contributed by atoms with Crippen LogP contribution in [0.4, 0.5) is 0 Å². The van der Waals surface area contributed by atoms with Crippen molar-refractivity contribution in [3.8, 4) is 39.5 Å². The molecule has 4 aliphatic rings. The average Bonchev–Trinajstić information content (AvgIpc) is 3.46. The minimum absolute atomic E-state index is 0.132. The molecule has 12 rings (SSSR count). The van der Waals surface area contributed by atoms with Crippen molar-refractivity contribution < 1.29 is 0 Å². The summed E-state index contributed by atoms with van der Waals surface area (Å²) >= 11 is 0. The first kappa shape index (κ1) is 34.4. The minimum atomic E-state index is 0.132. The molecule has 0 saturated carbocycles. The molecule has 0 aliphatic heterocycles. The van der Waals surface area contributed by atoms with Gasteiger partial charge in [-0.3, -0.25) is 0 Å². The standard InChI is InChI=1S/C57H39N3/c1-4-15-37-27-30-43(33-40(37)20-9-1)60-54-26-13-12-23-47(54)51-34-41(29-32-55(51)60)44-24-14-25-48-45-21-10-11-22-46(45)50-35-42(28-31-49(50)56(44)48)53-36-52(38-16-5-2-6-17-38)58-57(59-53)39-18-7-3-8-19-39/h2-36,46,50H,1H2. The SMILES string of the molecule is C1=CC2=c3cccc(-c4ccc5c(c4)c4ccccc4n5-c4ccc5c(c4)C=CCC=C5)c3=C3C=CC(c4cc(-c5ccccc5)nc(-c5ccccc5)n4)=CC3C2C=C1. The van der Waals surface area contributed by atoms with Crippen molar-refractivity contribution in [3.63, 3.8) is 0 Å². The summed E-state index contributed by atoms with van der Waals surface area (Å²) in [6.45, 7) is 0. The Bertz CT molecular complexity index is 3330. The summed E-state index contributed by atoms with van der Waals surface area (Å²) in [7, 11) is 0. The van der Waals surface area contributed by atoms with Crippen LogP contribution in [0.15, 0.2) is 200 Å². The van der Waals surface area contributed by atoms with Crippen LogP contribution in [-0.2, 0) is 0 Å². The summed E-state index contributed by atoms with van der Waals surface area (Å²) in [5, 5.41) is 5.12. The summed E-state index contributed by atoms with van der Waals surface area (Å²) in [5.41, 5.74) is 16.3. The molecule has 0 fully saturated rings. The molecule has 0 amide bonds. The summed E-state index contributed by atoms with van der Waals surface area (Å²) < 4.78 is 2.43. The predicted octanol–water partition coefficient (Wildman–Crippen LogP) is 12.3. The van der Waals surface area contributed by atoms with E-state index in [1.807, 2.05) is 24.3 Å². The van der Waals surface area contributed by atoms with E-state index >= 15 is 0 Å². The highest BCUT2D eigenvalue weighted by Gasteiger charge is 2.32. The van der Waals surface area contributed by atoms with Crippen molar-refractivity contribution in [1.29, 1.82) is 0 Å². The molecule has 3 heteroatoms. The van der Waals surface area contributed by atoms with Crippen LogP contribution in [0, 0.1) is 11.8 Å². The molecule has 0 saturated heterocycles. The molecule has 60 heavy (non-hydrogen) atoms. The zero-order chi connectivity index (χ0) is 39.6. The molecule has 6 aromatic carbocycles. The van der Waals surface area contributed by atoms with E-state index < -0.39 is 0 Å². The van der Waals surface area contributed by atoms with Gasteiger partial charge in [0.25, 0.3) is 0 Å². The number of aromatic nitrogens is 3. The van der Waals surface area contributed by atoms with Crippen molar-refractivity contribution in [3.05, 3.63) is 228 Å². The Morgan fingerprint density at radius 2 is 1.28 bits per heavy atom. The van der Waals surface area contributed by atoms with E-state index in [1.165, 1.54) is 71.3 Å². The van der Waals surface area contributed by atoms with E-state index in [0.717, 1.165) is 40.3 Å². The summed E-state index contributed by atoms with van der Waals surface area (Å²) in [4.78, 5) is 10.3. The van der Waals surface area contributed by atoms with Crippen LogP contribution in [-0.4, -0.2) is 14.5 Å². The van der Waals surface area contributed by atoms with Gasteiger partial charge in [0, 0.05) is 39.4 Å². The van der Waals surface area contributed by atoms with Crippen LogP contribution in [0.3, 0.4) is 0 Å². The summed E-state index contributed by atoms with van der Waals surface area (Å²) in [6, 6.07) is 52.5. The molecule has 2 atom stereocenters.